The molecule has 0 aromatic heterocycles. The molecule has 0 radical (unpaired) electrons. The molecular weight excluding hydrogens is 364 g/mol. The molecule has 0 spiro atoms. The third-order valence-electron chi connectivity index (χ3n) is 4.25. The number of rotatable bonds is 8. The van der Waals surface area contributed by atoms with Crippen molar-refractivity contribution in [3.63, 3.8) is 0 Å². The van der Waals surface area contributed by atoms with E-state index in [-0.39, 0.29) is 12.5 Å². The molecule has 1 N–H and O–H groups in total. The molecular formula is C24H24N2O3. The van der Waals surface area contributed by atoms with Crippen LogP contribution in [-0.4, -0.2) is 18.7 Å². The highest BCUT2D eigenvalue weighted by atomic mass is 16.5. The van der Waals surface area contributed by atoms with Gasteiger partial charge in [0.2, 0.25) is 0 Å². The quantitative estimate of drug-likeness (QED) is 0.459. The minimum atomic E-state index is -0.329. The van der Waals surface area contributed by atoms with Crippen molar-refractivity contribution in [1.82, 2.24) is 5.43 Å². The Morgan fingerprint density at radius 2 is 1.69 bits per heavy atom. The second kappa shape index (κ2) is 10.1. The fourth-order valence-corrected chi connectivity index (χ4v) is 2.67. The van der Waals surface area contributed by atoms with Gasteiger partial charge in [-0.3, -0.25) is 4.79 Å². The zero-order valence-electron chi connectivity index (χ0n) is 16.6. The lowest BCUT2D eigenvalue weighted by Gasteiger charge is -2.09. The van der Waals surface area contributed by atoms with E-state index in [1.807, 2.05) is 86.6 Å². The monoisotopic (exact) mass is 388 g/mol. The maximum atomic E-state index is 12.0. The Labute approximate surface area is 171 Å². The van der Waals surface area contributed by atoms with Crippen LogP contribution in [0.3, 0.4) is 0 Å². The van der Waals surface area contributed by atoms with E-state index in [1.165, 1.54) is 0 Å². The van der Waals surface area contributed by atoms with Crippen LogP contribution in [0.4, 0.5) is 0 Å². The molecule has 5 heteroatoms. The summed E-state index contributed by atoms with van der Waals surface area (Å²) in [5, 5.41) is 4.02. The molecule has 0 aliphatic carbocycles. The van der Waals surface area contributed by atoms with Gasteiger partial charge in [-0.2, -0.15) is 5.10 Å². The summed E-state index contributed by atoms with van der Waals surface area (Å²) in [7, 11) is 0. The highest BCUT2D eigenvalue weighted by molar-refractivity contribution is 5.85. The SMILES string of the molecule is Cc1ccc(C)c(OCC(=O)NN=Cc2ccccc2OCc2ccccc2)c1. The van der Waals surface area contributed by atoms with Gasteiger partial charge in [-0.15, -0.1) is 0 Å². The van der Waals surface area contributed by atoms with Crippen molar-refractivity contribution in [3.05, 3.63) is 95.1 Å². The third kappa shape index (κ3) is 6.21. The smallest absolute Gasteiger partial charge is 0.277 e. The van der Waals surface area contributed by atoms with Crippen LogP contribution < -0.4 is 14.9 Å². The van der Waals surface area contributed by atoms with Gasteiger partial charge in [0.1, 0.15) is 18.1 Å². The summed E-state index contributed by atoms with van der Waals surface area (Å²) in [5.74, 6) is 1.06. The molecule has 0 unspecified atom stereocenters. The average molecular weight is 388 g/mol. The van der Waals surface area contributed by atoms with E-state index >= 15 is 0 Å². The molecule has 3 aromatic carbocycles. The average Bonchev–Trinajstić information content (AvgIpc) is 2.74. The van der Waals surface area contributed by atoms with E-state index in [4.69, 9.17) is 9.47 Å². The highest BCUT2D eigenvalue weighted by Gasteiger charge is 2.05. The van der Waals surface area contributed by atoms with Gasteiger partial charge in [0, 0.05) is 5.56 Å². The number of nitrogens with one attached hydrogen (secondary N) is 1. The topological polar surface area (TPSA) is 59.9 Å². The maximum Gasteiger partial charge on any atom is 0.277 e. The number of para-hydroxylation sites is 1. The van der Waals surface area contributed by atoms with E-state index in [0.717, 1.165) is 22.3 Å². The van der Waals surface area contributed by atoms with Crippen LogP contribution in [-0.2, 0) is 11.4 Å². The predicted octanol–water partition coefficient (Wildman–Crippen LogP) is 4.41. The first kappa shape index (κ1) is 20.1. The maximum absolute atomic E-state index is 12.0. The van der Waals surface area contributed by atoms with Crippen molar-refractivity contribution in [2.24, 2.45) is 5.10 Å². The van der Waals surface area contributed by atoms with Crippen LogP contribution in [0, 0.1) is 13.8 Å². The van der Waals surface area contributed by atoms with Crippen LogP contribution in [0.25, 0.3) is 0 Å². The van der Waals surface area contributed by atoms with Gasteiger partial charge in [-0.1, -0.05) is 54.6 Å². The van der Waals surface area contributed by atoms with Crippen molar-refractivity contribution in [1.29, 1.82) is 0 Å². The lowest BCUT2D eigenvalue weighted by atomic mass is 10.1. The lowest BCUT2D eigenvalue weighted by molar-refractivity contribution is -0.123. The number of hydrazone groups is 1. The number of amides is 1. The molecule has 0 heterocycles. The fourth-order valence-electron chi connectivity index (χ4n) is 2.67. The Kier molecular flexibility index (Phi) is 7.00. The van der Waals surface area contributed by atoms with Crippen LogP contribution in [0.15, 0.2) is 77.9 Å². The first-order valence-electron chi connectivity index (χ1n) is 9.39. The number of carbonyl (C=O) groups is 1. The Hall–Kier alpha value is -3.60. The van der Waals surface area contributed by atoms with Gasteiger partial charge in [0.25, 0.3) is 5.91 Å². The number of hydrogen-bond donors (Lipinski definition) is 1. The molecule has 0 aliphatic rings. The van der Waals surface area contributed by atoms with E-state index < -0.39 is 0 Å². The van der Waals surface area contributed by atoms with Crippen molar-refractivity contribution >= 4 is 12.1 Å². The fraction of sp³-hybridized carbons (Fsp3) is 0.167. The second-order valence-electron chi connectivity index (χ2n) is 6.66. The number of nitrogens with zero attached hydrogens (tertiary/aromatic N) is 1. The van der Waals surface area contributed by atoms with E-state index in [9.17, 15) is 4.79 Å². The third-order valence-corrected chi connectivity index (χ3v) is 4.25. The molecule has 0 atom stereocenters. The van der Waals surface area contributed by atoms with Crippen molar-refractivity contribution in [2.45, 2.75) is 20.5 Å². The Balaban J connectivity index is 1.53. The summed E-state index contributed by atoms with van der Waals surface area (Å²) >= 11 is 0. The first-order chi connectivity index (χ1) is 14.1. The molecule has 0 saturated heterocycles. The zero-order chi connectivity index (χ0) is 20.5. The van der Waals surface area contributed by atoms with Crippen molar-refractivity contribution < 1.29 is 14.3 Å². The lowest BCUT2D eigenvalue weighted by Crippen LogP contribution is -2.24. The summed E-state index contributed by atoms with van der Waals surface area (Å²) in [4.78, 5) is 12.0. The normalized spacial score (nSPS) is 10.7. The number of hydrogen-bond acceptors (Lipinski definition) is 4. The highest BCUT2D eigenvalue weighted by Crippen LogP contribution is 2.19. The Bertz CT molecular complexity index is 984. The molecule has 3 aromatic rings. The van der Waals surface area contributed by atoms with E-state index in [0.29, 0.717) is 18.1 Å². The molecule has 148 valence electrons. The van der Waals surface area contributed by atoms with Crippen LogP contribution in [0.2, 0.25) is 0 Å². The van der Waals surface area contributed by atoms with Crippen LogP contribution in [0.1, 0.15) is 22.3 Å². The number of aryl methyl sites for hydroxylation is 2. The number of ether oxygens (including phenoxy) is 2. The molecule has 0 saturated carbocycles. The molecule has 0 bridgehead atoms. The van der Waals surface area contributed by atoms with Crippen molar-refractivity contribution in [2.75, 3.05) is 6.61 Å². The van der Waals surface area contributed by atoms with E-state index in [2.05, 4.69) is 10.5 Å². The van der Waals surface area contributed by atoms with Crippen molar-refractivity contribution in [3.8, 4) is 11.5 Å². The number of carbonyl (C=O) groups excluding carboxylic acids is 1. The molecule has 3 rings (SSSR count). The van der Waals surface area contributed by atoms with Crippen LogP contribution >= 0.6 is 0 Å². The molecule has 0 fully saturated rings. The summed E-state index contributed by atoms with van der Waals surface area (Å²) in [6.07, 6.45) is 1.57. The molecule has 29 heavy (non-hydrogen) atoms. The molecule has 0 aliphatic heterocycles. The summed E-state index contributed by atoms with van der Waals surface area (Å²) in [6.45, 7) is 4.28. The van der Waals surface area contributed by atoms with Gasteiger partial charge >= 0.3 is 0 Å². The predicted molar refractivity (Wildman–Crippen MR) is 114 cm³/mol. The standard InChI is InChI=1S/C24H24N2O3/c1-18-12-13-19(2)23(14-18)29-17-24(27)26-25-15-21-10-6-7-11-22(21)28-16-20-8-4-3-5-9-20/h3-15H,16-17H2,1-2H3,(H,26,27). The zero-order valence-corrected chi connectivity index (χ0v) is 16.6. The van der Waals surface area contributed by atoms with E-state index in [1.54, 1.807) is 6.21 Å². The minimum absolute atomic E-state index is 0.103. The Morgan fingerprint density at radius 3 is 2.52 bits per heavy atom. The summed E-state index contributed by atoms with van der Waals surface area (Å²) in [6, 6.07) is 23.3. The largest absolute Gasteiger partial charge is 0.488 e. The van der Waals surface area contributed by atoms with Crippen LogP contribution in [0.5, 0.6) is 11.5 Å². The minimum Gasteiger partial charge on any atom is -0.488 e. The summed E-state index contributed by atoms with van der Waals surface area (Å²) < 4.78 is 11.5. The molecule has 1 amide bonds. The van der Waals surface area contributed by atoms with Gasteiger partial charge in [-0.25, -0.2) is 5.43 Å². The molecule has 5 nitrogen and oxygen atoms in total. The first-order valence-corrected chi connectivity index (χ1v) is 9.39. The Morgan fingerprint density at radius 1 is 0.931 bits per heavy atom. The van der Waals surface area contributed by atoms with Gasteiger partial charge in [0.15, 0.2) is 6.61 Å². The van der Waals surface area contributed by atoms with Gasteiger partial charge < -0.3 is 9.47 Å². The summed E-state index contributed by atoms with van der Waals surface area (Å²) in [5.41, 5.74) is 6.41. The second-order valence-corrected chi connectivity index (χ2v) is 6.66. The number of benzene rings is 3. The van der Waals surface area contributed by atoms with Gasteiger partial charge in [0.05, 0.1) is 6.21 Å². The van der Waals surface area contributed by atoms with Gasteiger partial charge in [-0.05, 0) is 48.7 Å².